The maximum Gasteiger partial charge on any atom is 0.387 e. The Balaban J connectivity index is 1.54. The average Bonchev–Trinajstić information content (AvgIpc) is 2.70. The molecule has 2 aliphatic heterocycles. The molecule has 0 radical (unpaired) electrons. The van der Waals surface area contributed by atoms with E-state index in [0.717, 1.165) is 12.1 Å². The predicted molar refractivity (Wildman–Crippen MR) is 96.5 cm³/mol. The summed E-state index contributed by atoms with van der Waals surface area (Å²) >= 11 is 0. The number of anilines is 1. The summed E-state index contributed by atoms with van der Waals surface area (Å²) in [6, 6.07) is 2.55. The molecule has 29 heavy (non-hydrogen) atoms. The van der Waals surface area contributed by atoms with Crippen molar-refractivity contribution in [1.29, 1.82) is 0 Å². The van der Waals surface area contributed by atoms with E-state index in [0.29, 0.717) is 26.3 Å². The number of carbonyl (C=O) groups excluding carboxylic acids is 1. The van der Waals surface area contributed by atoms with E-state index in [1.54, 1.807) is 0 Å². The Morgan fingerprint density at radius 3 is 2.28 bits per heavy atom. The van der Waals surface area contributed by atoms with E-state index < -0.39 is 34.4 Å². The molecule has 0 unspecified atom stereocenters. The number of halogens is 3. The van der Waals surface area contributed by atoms with Crippen LogP contribution in [0.25, 0.3) is 0 Å². The molecule has 2 saturated heterocycles. The normalized spacial score (nSPS) is 19.4. The van der Waals surface area contributed by atoms with E-state index in [4.69, 9.17) is 4.74 Å². The smallest absolute Gasteiger partial charge is 0.387 e. The first-order valence-electron chi connectivity index (χ1n) is 8.90. The van der Waals surface area contributed by atoms with Crippen LogP contribution in [0.4, 0.5) is 23.7 Å². The van der Waals surface area contributed by atoms with Gasteiger partial charge in [-0.3, -0.25) is 0 Å². The maximum atomic E-state index is 13.8. The molecule has 0 aliphatic carbocycles. The summed E-state index contributed by atoms with van der Waals surface area (Å²) in [7, 11) is -3.61. The van der Waals surface area contributed by atoms with Crippen LogP contribution in [0.1, 0.15) is 0 Å². The molecular weight excluding hydrogens is 417 g/mol. The number of rotatable bonds is 5. The monoisotopic (exact) mass is 438 g/mol. The van der Waals surface area contributed by atoms with Gasteiger partial charge in [0.15, 0.2) is 11.6 Å². The molecule has 1 aromatic carbocycles. The lowest BCUT2D eigenvalue weighted by atomic mass is 10.3. The Kier molecular flexibility index (Phi) is 6.82. The molecule has 0 aromatic heterocycles. The molecule has 0 spiro atoms. The third-order valence-electron chi connectivity index (χ3n) is 4.55. The Hall–Kier alpha value is -2.09. The third-order valence-corrected chi connectivity index (χ3v) is 6.58. The Morgan fingerprint density at radius 1 is 1.07 bits per heavy atom. The number of nitrogens with zero attached hydrogens (tertiary/aromatic N) is 3. The zero-order valence-electron chi connectivity index (χ0n) is 15.4. The molecular formula is C16H21F3N4O5S. The number of carbonyl (C=O) groups is 1. The number of urea groups is 1. The van der Waals surface area contributed by atoms with Gasteiger partial charge in [-0.2, -0.15) is 25.8 Å². The quantitative estimate of drug-likeness (QED) is 0.745. The van der Waals surface area contributed by atoms with Crippen LogP contribution < -0.4 is 10.1 Å². The van der Waals surface area contributed by atoms with Gasteiger partial charge in [0.25, 0.3) is 10.2 Å². The zero-order valence-corrected chi connectivity index (χ0v) is 16.2. The van der Waals surface area contributed by atoms with E-state index in [-0.39, 0.29) is 31.9 Å². The lowest BCUT2D eigenvalue weighted by molar-refractivity contribution is -0.0521. The van der Waals surface area contributed by atoms with E-state index in [1.165, 1.54) is 19.6 Å². The van der Waals surface area contributed by atoms with Gasteiger partial charge in [-0.15, -0.1) is 0 Å². The average molecular weight is 438 g/mol. The number of alkyl halides is 2. The molecule has 2 amide bonds. The highest BCUT2D eigenvalue weighted by atomic mass is 32.2. The lowest BCUT2D eigenvalue weighted by Crippen LogP contribution is -2.56. The highest BCUT2D eigenvalue weighted by molar-refractivity contribution is 7.86. The van der Waals surface area contributed by atoms with Crippen molar-refractivity contribution in [2.75, 3.05) is 57.8 Å². The fourth-order valence-corrected chi connectivity index (χ4v) is 4.60. The number of morpholine rings is 1. The lowest BCUT2D eigenvalue weighted by Gasteiger charge is -2.37. The van der Waals surface area contributed by atoms with E-state index in [1.807, 2.05) is 0 Å². The first-order chi connectivity index (χ1) is 13.8. The van der Waals surface area contributed by atoms with Crippen LogP contribution in [0.3, 0.4) is 0 Å². The van der Waals surface area contributed by atoms with Crippen LogP contribution in [-0.2, 0) is 14.9 Å². The fraction of sp³-hybridized carbons (Fsp3) is 0.562. The summed E-state index contributed by atoms with van der Waals surface area (Å²) in [6.07, 6.45) is 0. The number of nitrogens with one attached hydrogen (secondary N) is 1. The molecule has 1 aromatic rings. The highest BCUT2D eigenvalue weighted by Gasteiger charge is 2.34. The highest BCUT2D eigenvalue weighted by Crippen LogP contribution is 2.23. The molecule has 0 atom stereocenters. The van der Waals surface area contributed by atoms with Crippen molar-refractivity contribution in [2.24, 2.45) is 0 Å². The van der Waals surface area contributed by atoms with Crippen molar-refractivity contribution in [1.82, 2.24) is 13.5 Å². The number of hydrogen-bond acceptors (Lipinski definition) is 5. The Labute approximate surface area is 166 Å². The number of amides is 2. The summed E-state index contributed by atoms with van der Waals surface area (Å²) in [4.78, 5) is 13.7. The second-order valence-electron chi connectivity index (χ2n) is 6.36. The van der Waals surface area contributed by atoms with Crippen molar-refractivity contribution in [2.45, 2.75) is 6.61 Å². The second-order valence-corrected chi connectivity index (χ2v) is 8.29. The predicted octanol–water partition coefficient (Wildman–Crippen LogP) is 1.15. The van der Waals surface area contributed by atoms with Crippen molar-refractivity contribution in [3.8, 4) is 5.75 Å². The van der Waals surface area contributed by atoms with Crippen LogP contribution in [0.15, 0.2) is 18.2 Å². The Bertz CT molecular complexity index is 828. The standard InChI is InChI=1S/C16H21F3N4O5S/c17-13-11-12(1-2-14(13)28-15(18)19)20-16(24)21-3-5-22(6-4-21)29(25,26)23-7-9-27-10-8-23/h1-2,11,15H,3-10H2,(H,20,24). The molecule has 2 heterocycles. The van der Waals surface area contributed by atoms with Gasteiger partial charge in [0.2, 0.25) is 0 Å². The van der Waals surface area contributed by atoms with Crippen molar-refractivity contribution in [3.05, 3.63) is 24.0 Å². The number of ether oxygens (including phenoxy) is 2. The second kappa shape index (κ2) is 9.15. The molecule has 13 heteroatoms. The molecule has 0 bridgehead atoms. The van der Waals surface area contributed by atoms with Crippen LogP contribution in [-0.4, -0.2) is 87.1 Å². The van der Waals surface area contributed by atoms with Crippen LogP contribution in [0.5, 0.6) is 5.75 Å². The first-order valence-corrected chi connectivity index (χ1v) is 10.3. The van der Waals surface area contributed by atoms with E-state index in [2.05, 4.69) is 10.1 Å². The molecule has 1 N–H and O–H groups in total. The molecule has 162 valence electrons. The first kappa shape index (κ1) is 21.6. The number of piperazine rings is 1. The summed E-state index contributed by atoms with van der Waals surface area (Å²) < 4.78 is 75.2. The minimum absolute atomic E-state index is 0.0671. The van der Waals surface area contributed by atoms with Crippen LogP contribution >= 0.6 is 0 Å². The molecule has 3 rings (SSSR count). The minimum atomic E-state index is -3.61. The Morgan fingerprint density at radius 2 is 1.69 bits per heavy atom. The SMILES string of the molecule is O=C(Nc1ccc(OC(F)F)c(F)c1)N1CCN(S(=O)(=O)N2CCOCC2)CC1. The number of hydrogen-bond donors (Lipinski definition) is 1. The van der Waals surface area contributed by atoms with Gasteiger partial charge in [0.1, 0.15) is 0 Å². The number of benzene rings is 1. The van der Waals surface area contributed by atoms with E-state index in [9.17, 15) is 26.4 Å². The van der Waals surface area contributed by atoms with Gasteiger partial charge in [-0.1, -0.05) is 0 Å². The molecule has 0 saturated carbocycles. The van der Waals surface area contributed by atoms with E-state index >= 15 is 0 Å². The van der Waals surface area contributed by atoms with Gasteiger partial charge >= 0.3 is 12.6 Å². The molecule has 9 nitrogen and oxygen atoms in total. The summed E-state index contributed by atoms with van der Waals surface area (Å²) in [5.74, 6) is -1.66. The summed E-state index contributed by atoms with van der Waals surface area (Å²) in [5.41, 5.74) is 0.0671. The van der Waals surface area contributed by atoms with Gasteiger partial charge < -0.3 is 19.7 Å². The van der Waals surface area contributed by atoms with Crippen LogP contribution in [0.2, 0.25) is 0 Å². The minimum Gasteiger partial charge on any atom is -0.432 e. The summed E-state index contributed by atoms with van der Waals surface area (Å²) in [6.45, 7) is -1.31. The summed E-state index contributed by atoms with van der Waals surface area (Å²) in [5, 5.41) is 2.46. The van der Waals surface area contributed by atoms with Gasteiger partial charge in [0, 0.05) is 51.0 Å². The van der Waals surface area contributed by atoms with Crippen molar-refractivity contribution < 1.29 is 35.9 Å². The fourth-order valence-electron chi connectivity index (χ4n) is 3.04. The largest absolute Gasteiger partial charge is 0.432 e. The van der Waals surface area contributed by atoms with Crippen molar-refractivity contribution >= 4 is 21.9 Å². The van der Waals surface area contributed by atoms with Gasteiger partial charge in [-0.25, -0.2) is 9.18 Å². The third kappa shape index (κ3) is 5.29. The topological polar surface area (TPSA) is 91.4 Å². The molecule has 2 fully saturated rings. The zero-order chi connectivity index (χ0) is 21.0. The van der Waals surface area contributed by atoms with Gasteiger partial charge in [-0.05, 0) is 12.1 Å². The van der Waals surface area contributed by atoms with Crippen molar-refractivity contribution in [3.63, 3.8) is 0 Å². The van der Waals surface area contributed by atoms with Gasteiger partial charge in [0.05, 0.1) is 13.2 Å². The maximum absolute atomic E-state index is 13.8. The molecule has 2 aliphatic rings. The van der Waals surface area contributed by atoms with Crippen LogP contribution in [0, 0.1) is 5.82 Å².